The summed E-state index contributed by atoms with van der Waals surface area (Å²) in [5, 5.41) is 3.31. The van der Waals surface area contributed by atoms with E-state index in [0.717, 1.165) is 30.3 Å². The fraction of sp³-hybridized carbons (Fsp3) is 0.294. The van der Waals surface area contributed by atoms with Gasteiger partial charge >= 0.3 is 0 Å². The molecule has 0 heterocycles. The second kappa shape index (κ2) is 7.18. The van der Waals surface area contributed by atoms with Crippen LogP contribution in [0.3, 0.4) is 0 Å². The highest BCUT2D eigenvalue weighted by molar-refractivity contribution is 5.38. The van der Waals surface area contributed by atoms with Gasteiger partial charge < -0.3 is 10.1 Å². The maximum Gasteiger partial charge on any atom is 0.165 e. The standard InChI is InChI=1S/C17H19F2NO/c1-12(2)10-20-11-13-5-3-4-6-16(13)21-17-9-14(18)7-8-15(17)19/h3-9,12,20H,10-11H2,1-2H3. The number of halogens is 2. The Morgan fingerprint density at radius 3 is 2.57 bits per heavy atom. The summed E-state index contributed by atoms with van der Waals surface area (Å²) in [4.78, 5) is 0. The number of benzene rings is 2. The van der Waals surface area contributed by atoms with Crippen LogP contribution in [0.25, 0.3) is 0 Å². The highest BCUT2D eigenvalue weighted by atomic mass is 19.1. The summed E-state index contributed by atoms with van der Waals surface area (Å²) in [6.07, 6.45) is 0. The van der Waals surface area contributed by atoms with Gasteiger partial charge in [-0.2, -0.15) is 0 Å². The second-order valence-corrected chi connectivity index (χ2v) is 5.31. The molecular weight excluding hydrogens is 272 g/mol. The van der Waals surface area contributed by atoms with Crippen molar-refractivity contribution in [3.63, 3.8) is 0 Å². The Kier molecular flexibility index (Phi) is 5.28. The van der Waals surface area contributed by atoms with Gasteiger partial charge in [0.25, 0.3) is 0 Å². The molecule has 0 saturated carbocycles. The van der Waals surface area contributed by atoms with Crippen LogP contribution in [0, 0.1) is 17.6 Å². The predicted molar refractivity (Wildman–Crippen MR) is 79.4 cm³/mol. The zero-order valence-electron chi connectivity index (χ0n) is 12.2. The molecule has 1 N–H and O–H groups in total. The molecule has 2 aromatic rings. The van der Waals surface area contributed by atoms with Crippen LogP contribution in [0.4, 0.5) is 8.78 Å². The summed E-state index contributed by atoms with van der Waals surface area (Å²) in [6, 6.07) is 10.5. The molecular formula is C17H19F2NO. The second-order valence-electron chi connectivity index (χ2n) is 5.31. The Morgan fingerprint density at radius 2 is 1.81 bits per heavy atom. The van der Waals surface area contributed by atoms with Crippen molar-refractivity contribution in [1.29, 1.82) is 0 Å². The number of hydrogen-bond donors (Lipinski definition) is 1. The van der Waals surface area contributed by atoms with Crippen LogP contribution in [0.15, 0.2) is 42.5 Å². The van der Waals surface area contributed by atoms with Crippen LogP contribution < -0.4 is 10.1 Å². The Labute approximate surface area is 123 Å². The molecule has 0 amide bonds. The fourth-order valence-electron chi connectivity index (χ4n) is 1.92. The molecule has 0 spiro atoms. The molecule has 0 aliphatic carbocycles. The number of hydrogen-bond acceptors (Lipinski definition) is 2. The highest BCUT2D eigenvalue weighted by Crippen LogP contribution is 2.28. The summed E-state index contributed by atoms with van der Waals surface area (Å²) < 4.78 is 32.3. The minimum atomic E-state index is -0.582. The van der Waals surface area contributed by atoms with Crippen molar-refractivity contribution in [1.82, 2.24) is 5.32 Å². The van der Waals surface area contributed by atoms with Crippen molar-refractivity contribution < 1.29 is 13.5 Å². The Hall–Kier alpha value is -1.94. The molecule has 0 bridgehead atoms. The third-order valence-corrected chi connectivity index (χ3v) is 2.95. The molecule has 0 aliphatic heterocycles. The zero-order chi connectivity index (χ0) is 15.2. The van der Waals surface area contributed by atoms with Gasteiger partial charge in [-0.05, 0) is 30.7 Å². The van der Waals surface area contributed by atoms with Crippen molar-refractivity contribution in [3.8, 4) is 11.5 Å². The summed E-state index contributed by atoms with van der Waals surface area (Å²) in [5.74, 6) is -0.147. The van der Waals surface area contributed by atoms with Crippen molar-refractivity contribution in [3.05, 3.63) is 59.7 Å². The Bertz CT molecular complexity index is 599. The summed E-state index contributed by atoms with van der Waals surface area (Å²) in [7, 11) is 0. The lowest BCUT2D eigenvalue weighted by molar-refractivity contribution is 0.429. The first kappa shape index (κ1) is 15.4. The normalized spacial score (nSPS) is 10.9. The molecule has 0 radical (unpaired) electrons. The van der Waals surface area contributed by atoms with Crippen molar-refractivity contribution in [2.45, 2.75) is 20.4 Å². The van der Waals surface area contributed by atoms with Crippen LogP contribution in [-0.4, -0.2) is 6.54 Å². The van der Waals surface area contributed by atoms with Crippen LogP contribution >= 0.6 is 0 Å². The van der Waals surface area contributed by atoms with Gasteiger partial charge in [-0.15, -0.1) is 0 Å². The molecule has 4 heteroatoms. The first-order chi connectivity index (χ1) is 10.1. The van der Waals surface area contributed by atoms with E-state index in [0.29, 0.717) is 18.2 Å². The number of nitrogens with one attached hydrogen (secondary N) is 1. The fourth-order valence-corrected chi connectivity index (χ4v) is 1.92. The van der Waals surface area contributed by atoms with E-state index in [9.17, 15) is 8.78 Å². The zero-order valence-corrected chi connectivity index (χ0v) is 12.2. The van der Waals surface area contributed by atoms with Crippen molar-refractivity contribution in [2.24, 2.45) is 5.92 Å². The lowest BCUT2D eigenvalue weighted by Gasteiger charge is -2.13. The maximum absolute atomic E-state index is 13.6. The van der Waals surface area contributed by atoms with Gasteiger partial charge in [0, 0.05) is 18.2 Å². The summed E-state index contributed by atoms with van der Waals surface area (Å²) in [5.41, 5.74) is 0.904. The molecule has 0 fully saturated rings. The molecule has 2 nitrogen and oxygen atoms in total. The monoisotopic (exact) mass is 291 g/mol. The molecule has 0 aliphatic rings. The van der Waals surface area contributed by atoms with Crippen molar-refractivity contribution in [2.75, 3.05) is 6.54 Å². The summed E-state index contributed by atoms with van der Waals surface area (Å²) >= 11 is 0. The molecule has 21 heavy (non-hydrogen) atoms. The quantitative estimate of drug-likeness (QED) is 0.846. The van der Waals surface area contributed by atoms with Crippen LogP contribution in [0.1, 0.15) is 19.4 Å². The first-order valence-electron chi connectivity index (χ1n) is 6.98. The topological polar surface area (TPSA) is 21.3 Å². The van der Waals surface area contributed by atoms with E-state index in [2.05, 4.69) is 19.2 Å². The average Bonchev–Trinajstić information content (AvgIpc) is 2.44. The van der Waals surface area contributed by atoms with Crippen LogP contribution in [0.2, 0.25) is 0 Å². The molecule has 2 rings (SSSR count). The number of rotatable bonds is 6. The Balaban J connectivity index is 2.14. The van der Waals surface area contributed by atoms with Gasteiger partial charge in [-0.25, -0.2) is 8.78 Å². The molecule has 2 aromatic carbocycles. The minimum absolute atomic E-state index is 0.105. The van der Waals surface area contributed by atoms with E-state index in [1.54, 1.807) is 12.1 Å². The van der Waals surface area contributed by atoms with Gasteiger partial charge in [0.2, 0.25) is 0 Å². The highest BCUT2D eigenvalue weighted by Gasteiger charge is 2.09. The molecule has 0 saturated heterocycles. The number of ether oxygens (including phenoxy) is 1. The van der Waals surface area contributed by atoms with E-state index >= 15 is 0 Å². The molecule has 0 unspecified atom stereocenters. The summed E-state index contributed by atoms with van der Waals surface area (Å²) in [6.45, 7) is 5.74. The molecule has 112 valence electrons. The smallest absolute Gasteiger partial charge is 0.165 e. The van der Waals surface area contributed by atoms with Crippen LogP contribution in [0.5, 0.6) is 11.5 Å². The van der Waals surface area contributed by atoms with Gasteiger partial charge in [0.05, 0.1) is 0 Å². The minimum Gasteiger partial charge on any atom is -0.454 e. The van der Waals surface area contributed by atoms with Gasteiger partial charge in [0.15, 0.2) is 11.6 Å². The Morgan fingerprint density at radius 1 is 1.05 bits per heavy atom. The van der Waals surface area contributed by atoms with Gasteiger partial charge in [-0.3, -0.25) is 0 Å². The lowest BCUT2D eigenvalue weighted by Crippen LogP contribution is -2.19. The van der Waals surface area contributed by atoms with E-state index in [1.807, 2.05) is 12.1 Å². The van der Waals surface area contributed by atoms with Gasteiger partial charge in [-0.1, -0.05) is 32.0 Å². The first-order valence-corrected chi connectivity index (χ1v) is 6.98. The molecule has 0 aromatic heterocycles. The van der Waals surface area contributed by atoms with E-state index in [-0.39, 0.29) is 5.75 Å². The third-order valence-electron chi connectivity index (χ3n) is 2.95. The van der Waals surface area contributed by atoms with Crippen molar-refractivity contribution >= 4 is 0 Å². The lowest BCUT2D eigenvalue weighted by atomic mass is 10.2. The maximum atomic E-state index is 13.6. The third kappa shape index (κ3) is 4.53. The van der Waals surface area contributed by atoms with Gasteiger partial charge in [0.1, 0.15) is 11.6 Å². The largest absolute Gasteiger partial charge is 0.454 e. The predicted octanol–water partition coefficient (Wildman–Crippen LogP) is 4.50. The van der Waals surface area contributed by atoms with E-state index in [4.69, 9.17) is 4.74 Å². The van der Waals surface area contributed by atoms with E-state index < -0.39 is 11.6 Å². The van der Waals surface area contributed by atoms with Crippen LogP contribution in [-0.2, 0) is 6.54 Å². The number of para-hydroxylation sites is 1. The average molecular weight is 291 g/mol. The van der Waals surface area contributed by atoms with E-state index in [1.165, 1.54) is 0 Å². The molecule has 0 atom stereocenters. The SMILES string of the molecule is CC(C)CNCc1ccccc1Oc1cc(F)ccc1F.